The lowest BCUT2D eigenvalue weighted by Gasteiger charge is -2.04. The van der Waals surface area contributed by atoms with Crippen molar-refractivity contribution in [3.8, 4) is 0 Å². The Morgan fingerprint density at radius 1 is 1.58 bits per heavy atom. The first kappa shape index (κ1) is 9.42. The molecule has 0 aromatic carbocycles. The third kappa shape index (κ3) is 2.43. The highest BCUT2D eigenvalue weighted by Crippen LogP contribution is 2.15. The molecule has 12 heavy (non-hydrogen) atoms. The average molecular weight is 183 g/mol. The molecule has 0 N–H and O–H groups in total. The molecule has 1 rings (SSSR count). The van der Waals surface area contributed by atoms with E-state index in [0.717, 1.165) is 5.57 Å². The highest BCUT2D eigenvalue weighted by Gasteiger charge is 2.00. The SMILES string of the molecule is CC1=CC(C)C=CC(S(=O)[O-])=C1. The Morgan fingerprint density at radius 2 is 2.25 bits per heavy atom. The zero-order chi connectivity index (χ0) is 9.14. The topological polar surface area (TPSA) is 40.1 Å². The van der Waals surface area contributed by atoms with Crippen molar-refractivity contribution in [2.24, 2.45) is 5.92 Å². The third-order valence-electron chi connectivity index (χ3n) is 1.65. The molecular formula is C9H11O2S-. The minimum atomic E-state index is -2.12. The summed E-state index contributed by atoms with van der Waals surface area (Å²) in [5.74, 6) is 0.308. The molecule has 0 spiro atoms. The lowest BCUT2D eigenvalue weighted by molar-refractivity contribution is 0.544. The summed E-state index contributed by atoms with van der Waals surface area (Å²) in [4.78, 5) is 0.355. The molecule has 0 aromatic heterocycles. The minimum absolute atomic E-state index is 0.308. The van der Waals surface area contributed by atoms with E-state index in [1.54, 1.807) is 12.2 Å². The van der Waals surface area contributed by atoms with Gasteiger partial charge >= 0.3 is 0 Å². The molecular weight excluding hydrogens is 172 g/mol. The van der Waals surface area contributed by atoms with E-state index in [9.17, 15) is 8.76 Å². The maximum atomic E-state index is 10.6. The van der Waals surface area contributed by atoms with Crippen LogP contribution in [0.5, 0.6) is 0 Å². The van der Waals surface area contributed by atoms with Crippen molar-refractivity contribution in [1.82, 2.24) is 0 Å². The van der Waals surface area contributed by atoms with Gasteiger partial charge in [-0.3, -0.25) is 4.21 Å². The molecule has 0 fully saturated rings. The van der Waals surface area contributed by atoms with E-state index in [0.29, 0.717) is 10.8 Å². The summed E-state index contributed by atoms with van der Waals surface area (Å²) in [6.45, 7) is 3.92. The number of allylic oxidation sites excluding steroid dienone is 5. The average Bonchev–Trinajstić information content (AvgIpc) is 2.11. The smallest absolute Gasteiger partial charge is 0.0248 e. The van der Waals surface area contributed by atoms with Crippen LogP contribution in [0.2, 0.25) is 0 Å². The van der Waals surface area contributed by atoms with Crippen LogP contribution < -0.4 is 0 Å². The first-order valence-corrected chi connectivity index (χ1v) is 4.84. The maximum Gasteiger partial charge on any atom is 0.0248 e. The largest absolute Gasteiger partial charge is 0.768 e. The van der Waals surface area contributed by atoms with Gasteiger partial charge < -0.3 is 4.55 Å². The van der Waals surface area contributed by atoms with Crippen LogP contribution in [0.3, 0.4) is 0 Å². The van der Waals surface area contributed by atoms with E-state index in [4.69, 9.17) is 0 Å². The lowest BCUT2D eigenvalue weighted by atomic mass is 10.1. The summed E-state index contributed by atoms with van der Waals surface area (Å²) in [7, 11) is 0. The Labute approximate surface area is 75.0 Å². The van der Waals surface area contributed by atoms with Gasteiger partial charge in [0.05, 0.1) is 0 Å². The molecule has 3 heteroatoms. The zero-order valence-electron chi connectivity index (χ0n) is 7.11. The Hall–Kier alpha value is -0.670. The molecule has 0 saturated carbocycles. The molecule has 2 atom stereocenters. The van der Waals surface area contributed by atoms with Crippen LogP contribution in [0.15, 0.2) is 34.8 Å². The maximum absolute atomic E-state index is 10.6. The summed E-state index contributed by atoms with van der Waals surface area (Å²) >= 11 is -2.12. The van der Waals surface area contributed by atoms with Crippen molar-refractivity contribution < 1.29 is 8.76 Å². The van der Waals surface area contributed by atoms with E-state index >= 15 is 0 Å². The van der Waals surface area contributed by atoms with E-state index in [1.807, 2.05) is 26.0 Å². The van der Waals surface area contributed by atoms with Gasteiger partial charge in [0.2, 0.25) is 0 Å². The van der Waals surface area contributed by atoms with Crippen LogP contribution in [0.4, 0.5) is 0 Å². The Balaban J connectivity index is 2.98. The van der Waals surface area contributed by atoms with Gasteiger partial charge in [-0.1, -0.05) is 30.7 Å². The lowest BCUT2D eigenvalue weighted by Crippen LogP contribution is -1.89. The second-order valence-corrected chi connectivity index (χ2v) is 3.85. The monoisotopic (exact) mass is 183 g/mol. The predicted molar refractivity (Wildman–Crippen MR) is 49.1 cm³/mol. The van der Waals surface area contributed by atoms with Gasteiger partial charge in [-0.05, 0) is 30.0 Å². The van der Waals surface area contributed by atoms with Gasteiger partial charge in [0, 0.05) is 4.91 Å². The van der Waals surface area contributed by atoms with E-state index in [2.05, 4.69) is 0 Å². The van der Waals surface area contributed by atoms with Crippen LogP contribution in [0.25, 0.3) is 0 Å². The quantitative estimate of drug-likeness (QED) is 0.582. The van der Waals surface area contributed by atoms with E-state index in [1.165, 1.54) is 0 Å². The van der Waals surface area contributed by atoms with Crippen LogP contribution in [0.1, 0.15) is 13.8 Å². The van der Waals surface area contributed by atoms with Crippen molar-refractivity contribution in [2.45, 2.75) is 13.8 Å². The molecule has 1 aliphatic carbocycles. The van der Waals surface area contributed by atoms with Crippen LogP contribution in [-0.4, -0.2) is 8.76 Å². The van der Waals surface area contributed by atoms with Crippen molar-refractivity contribution in [1.29, 1.82) is 0 Å². The molecule has 0 aliphatic heterocycles. The molecule has 66 valence electrons. The van der Waals surface area contributed by atoms with Crippen LogP contribution in [-0.2, 0) is 11.1 Å². The van der Waals surface area contributed by atoms with Gasteiger partial charge in [0.1, 0.15) is 0 Å². The number of hydrogen-bond acceptors (Lipinski definition) is 2. The van der Waals surface area contributed by atoms with Gasteiger partial charge in [-0.25, -0.2) is 0 Å². The second-order valence-electron chi connectivity index (χ2n) is 2.91. The van der Waals surface area contributed by atoms with E-state index < -0.39 is 11.1 Å². The van der Waals surface area contributed by atoms with Crippen molar-refractivity contribution in [2.75, 3.05) is 0 Å². The van der Waals surface area contributed by atoms with Gasteiger partial charge in [-0.15, -0.1) is 0 Å². The van der Waals surface area contributed by atoms with Crippen molar-refractivity contribution >= 4 is 11.1 Å². The fraction of sp³-hybridized carbons (Fsp3) is 0.333. The van der Waals surface area contributed by atoms with Gasteiger partial charge in [0.25, 0.3) is 0 Å². The molecule has 1 aliphatic rings. The number of rotatable bonds is 1. The Morgan fingerprint density at radius 3 is 2.83 bits per heavy atom. The summed E-state index contributed by atoms with van der Waals surface area (Å²) in [6.07, 6.45) is 7.21. The summed E-state index contributed by atoms with van der Waals surface area (Å²) in [5.41, 5.74) is 0.992. The molecule has 0 heterocycles. The Bertz CT molecular complexity index is 287. The number of hydrogen-bond donors (Lipinski definition) is 0. The standard InChI is InChI=1S/C9H12O2S/c1-7-3-4-9(12(10)11)6-8(2)5-7/h3-7H,1-2H3,(H,10,11)/p-1. The third-order valence-corrected chi connectivity index (χ3v) is 2.29. The highest BCUT2D eigenvalue weighted by molar-refractivity contribution is 7.83. The van der Waals surface area contributed by atoms with Crippen LogP contribution in [0, 0.1) is 5.92 Å². The molecule has 2 unspecified atom stereocenters. The molecule has 0 amide bonds. The second kappa shape index (κ2) is 3.83. The summed E-state index contributed by atoms with van der Waals surface area (Å²) in [5, 5.41) is 0. The Kier molecular flexibility index (Phi) is 3.00. The summed E-state index contributed by atoms with van der Waals surface area (Å²) < 4.78 is 21.2. The van der Waals surface area contributed by atoms with Gasteiger partial charge in [-0.2, -0.15) is 0 Å². The van der Waals surface area contributed by atoms with Gasteiger partial charge in [0.15, 0.2) is 0 Å². The fourth-order valence-electron chi connectivity index (χ4n) is 1.14. The minimum Gasteiger partial charge on any atom is -0.768 e. The van der Waals surface area contributed by atoms with E-state index in [-0.39, 0.29) is 0 Å². The highest BCUT2D eigenvalue weighted by atomic mass is 32.2. The molecule has 0 saturated heterocycles. The summed E-state index contributed by atoms with van der Waals surface area (Å²) in [6, 6.07) is 0. The van der Waals surface area contributed by atoms with Crippen LogP contribution >= 0.6 is 0 Å². The molecule has 0 radical (unpaired) electrons. The first-order chi connectivity index (χ1) is 5.59. The molecule has 2 nitrogen and oxygen atoms in total. The van der Waals surface area contributed by atoms with Crippen molar-refractivity contribution in [3.63, 3.8) is 0 Å². The normalized spacial score (nSPS) is 25.8. The first-order valence-electron chi connectivity index (χ1n) is 3.77. The molecule has 0 aromatic rings. The molecule has 0 bridgehead atoms. The fourth-order valence-corrected chi connectivity index (χ4v) is 1.61. The predicted octanol–water partition coefficient (Wildman–Crippen LogP) is 1.90. The zero-order valence-corrected chi connectivity index (χ0v) is 7.93. The van der Waals surface area contributed by atoms with Crippen molar-refractivity contribution in [3.05, 3.63) is 34.8 Å².